The number of anilines is 1. The van der Waals surface area contributed by atoms with Crippen LogP contribution in [0.2, 0.25) is 0 Å². The van der Waals surface area contributed by atoms with E-state index in [1.807, 2.05) is 0 Å². The van der Waals surface area contributed by atoms with Crippen LogP contribution in [0.4, 0.5) is 5.82 Å². The fraction of sp³-hybridized carbons (Fsp3) is 0.429. The molecule has 0 atom stereocenters. The highest BCUT2D eigenvalue weighted by atomic mass is 32.2. The zero-order chi connectivity index (χ0) is 15.6. The van der Waals surface area contributed by atoms with E-state index in [4.69, 9.17) is 0 Å². The van der Waals surface area contributed by atoms with Crippen molar-refractivity contribution in [2.24, 2.45) is 0 Å². The topological polar surface area (TPSA) is 88.9 Å². The number of fused-ring (bicyclic) bond motifs is 1. The molecular weight excluding hydrogens is 302 g/mol. The molecule has 8 heteroatoms. The van der Waals surface area contributed by atoms with E-state index in [-0.39, 0.29) is 4.90 Å². The second-order valence-corrected chi connectivity index (χ2v) is 7.13. The number of hydrogen-bond donors (Lipinski definition) is 2. The first-order valence-corrected chi connectivity index (χ1v) is 8.75. The second-order valence-electron chi connectivity index (χ2n) is 5.24. The minimum atomic E-state index is -3.44. The molecule has 2 N–H and O–H groups in total. The van der Waals surface area contributed by atoms with Crippen molar-refractivity contribution in [1.82, 2.24) is 19.3 Å². The summed E-state index contributed by atoms with van der Waals surface area (Å²) in [7, 11) is -2.06. The molecule has 1 aliphatic heterocycles. The van der Waals surface area contributed by atoms with Gasteiger partial charge in [0.25, 0.3) is 0 Å². The van der Waals surface area contributed by atoms with E-state index in [1.54, 1.807) is 6.07 Å². The van der Waals surface area contributed by atoms with Gasteiger partial charge in [0.05, 0.1) is 12.2 Å². The molecule has 0 saturated carbocycles. The third-order valence-electron chi connectivity index (χ3n) is 3.72. The Kier molecular flexibility index (Phi) is 4.12. The van der Waals surface area contributed by atoms with Crippen LogP contribution in [0, 0.1) is 0 Å². The Morgan fingerprint density at radius 2 is 2.18 bits per heavy atom. The Hall–Kier alpha value is -1.93. The van der Waals surface area contributed by atoms with Gasteiger partial charge in [0.15, 0.2) is 0 Å². The molecule has 118 valence electrons. The van der Waals surface area contributed by atoms with Crippen LogP contribution in [0.3, 0.4) is 0 Å². The van der Waals surface area contributed by atoms with Crippen molar-refractivity contribution in [3.8, 4) is 0 Å². The summed E-state index contributed by atoms with van der Waals surface area (Å²) in [4.78, 5) is 8.88. The fourth-order valence-electron chi connectivity index (χ4n) is 2.50. The number of aryl methyl sites for hydroxylation is 2. The molecule has 0 aromatic carbocycles. The van der Waals surface area contributed by atoms with Crippen molar-refractivity contribution in [3.05, 3.63) is 36.0 Å². The summed E-state index contributed by atoms with van der Waals surface area (Å²) >= 11 is 0. The number of nitrogens with one attached hydrogen (secondary N) is 2. The van der Waals surface area contributed by atoms with E-state index >= 15 is 0 Å². The molecule has 7 nitrogen and oxygen atoms in total. The second kappa shape index (κ2) is 6.05. The Morgan fingerprint density at radius 3 is 2.86 bits per heavy atom. The molecule has 0 spiro atoms. The molecular formula is C14H19N5O2S. The van der Waals surface area contributed by atoms with E-state index in [1.165, 1.54) is 32.2 Å². The number of imidazole rings is 1. The van der Waals surface area contributed by atoms with Gasteiger partial charge in [-0.1, -0.05) is 0 Å². The lowest BCUT2D eigenvalue weighted by atomic mass is 10.2. The molecule has 0 fully saturated rings. The van der Waals surface area contributed by atoms with Crippen LogP contribution >= 0.6 is 0 Å². The number of nitrogens with zero attached hydrogens (tertiary/aromatic N) is 3. The van der Waals surface area contributed by atoms with Gasteiger partial charge in [-0.15, -0.1) is 0 Å². The molecule has 0 aliphatic carbocycles. The number of sulfonamides is 1. The number of pyridine rings is 1. The van der Waals surface area contributed by atoms with Gasteiger partial charge >= 0.3 is 0 Å². The zero-order valence-electron chi connectivity index (χ0n) is 12.4. The average molecular weight is 321 g/mol. The molecule has 0 bridgehead atoms. The molecule has 0 amide bonds. The van der Waals surface area contributed by atoms with Gasteiger partial charge in [-0.25, -0.2) is 23.1 Å². The Morgan fingerprint density at radius 1 is 1.32 bits per heavy atom. The Labute approximate surface area is 129 Å². The van der Waals surface area contributed by atoms with Crippen LogP contribution in [0.15, 0.2) is 29.4 Å². The third kappa shape index (κ3) is 3.12. The molecule has 0 saturated heterocycles. The van der Waals surface area contributed by atoms with Gasteiger partial charge in [-0.3, -0.25) is 0 Å². The molecule has 0 radical (unpaired) electrons. The van der Waals surface area contributed by atoms with Crippen molar-refractivity contribution < 1.29 is 8.42 Å². The highest BCUT2D eigenvalue weighted by Gasteiger charge is 2.13. The Balaban J connectivity index is 1.65. The number of rotatable bonds is 5. The first kappa shape index (κ1) is 15.0. The van der Waals surface area contributed by atoms with Gasteiger partial charge in [-0.05, 0) is 32.0 Å². The predicted molar refractivity (Wildman–Crippen MR) is 83.0 cm³/mol. The van der Waals surface area contributed by atoms with Crippen LogP contribution in [0.5, 0.6) is 0 Å². The lowest BCUT2D eigenvalue weighted by molar-refractivity contribution is 0.522. The number of aromatic nitrogens is 3. The summed E-state index contributed by atoms with van der Waals surface area (Å²) in [6.45, 7) is 1.61. The van der Waals surface area contributed by atoms with Crippen molar-refractivity contribution in [2.45, 2.75) is 37.2 Å². The van der Waals surface area contributed by atoms with Crippen LogP contribution in [-0.4, -0.2) is 30.0 Å². The highest BCUT2D eigenvalue weighted by Crippen LogP contribution is 2.16. The van der Waals surface area contributed by atoms with E-state index in [0.29, 0.717) is 12.4 Å². The zero-order valence-corrected chi connectivity index (χ0v) is 13.2. The third-order valence-corrected chi connectivity index (χ3v) is 5.12. The standard InChI is InChI=1S/C14H19N5O2S/c1-15-22(20,21)12-5-6-13(17-9-12)16-8-11-10-19-7-3-2-4-14(19)18-11/h5-6,9-10,15H,2-4,7-8H2,1H3,(H,16,17). The monoisotopic (exact) mass is 321 g/mol. The highest BCUT2D eigenvalue weighted by molar-refractivity contribution is 7.89. The summed E-state index contributed by atoms with van der Waals surface area (Å²) in [5.74, 6) is 1.77. The van der Waals surface area contributed by atoms with Gasteiger partial charge in [0.1, 0.15) is 16.5 Å². The SMILES string of the molecule is CNS(=O)(=O)c1ccc(NCc2cn3c(n2)CCCC3)nc1. The summed E-state index contributed by atoms with van der Waals surface area (Å²) in [6.07, 6.45) is 6.86. The van der Waals surface area contributed by atoms with Crippen molar-refractivity contribution in [3.63, 3.8) is 0 Å². The van der Waals surface area contributed by atoms with Crippen LogP contribution in [0.25, 0.3) is 0 Å². The quantitative estimate of drug-likeness (QED) is 0.862. The Bertz CT molecular complexity index is 729. The molecule has 0 unspecified atom stereocenters. The minimum Gasteiger partial charge on any atom is -0.364 e. The van der Waals surface area contributed by atoms with Crippen molar-refractivity contribution in [2.75, 3.05) is 12.4 Å². The normalized spacial score (nSPS) is 14.6. The smallest absolute Gasteiger partial charge is 0.241 e. The van der Waals surface area contributed by atoms with Crippen LogP contribution in [-0.2, 0) is 29.5 Å². The van der Waals surface area contributed by atoms with Gasteiger partial charge < -0.3 is 9.88 Å². The van der Waals surface area contributed by atoms with E-state index in [9.17, 15) is 8.42 Å². The summed E-state index contributed by atoms with van der Waals surface area (Å²) in [5, 5.41) is 3.16. The number of hydrogen-bond acceptors (Lipinski definition) is 5. The van der Waals surface area contributed by atoms with Crippen molar-refractivity contribution in [1.29, 1.82) is 0 Å². The van der Waals surface area contributed by atoms with Crippen LogP contribution < -0.4 is 10.0 Å². The minimum absolute atomic E-state index is 0.151. The molecule has 22 heavy (non-hydrogen) atoms. The lowest BCUT2D eigenvalue weighted by Crippen LogP contribution is -2.18. The molecule has 2 aromatic heterocycles. The maximum absolute atomic E-state index is 11.6. The fourth-order valence-corrected chi connectivity index (χ4v) is 3.17. The van der Waals surface area contributed by atoms with E-state index in [0.717, 1.165) is 24.5 Å². The first-order chi connectivity index (χ1) is 10.6. The maximum atomic E-state index is 11.6. The van der Waals surface area contributed by atoms with Gasteiger partial charge in [0, 0.05) is 25.4 Å². The molecule has 2 aromatic rings. The summed E-state index contributed by atoms with van der Waals surface area (Å²) in [6, 6.07) is 3.18. The van der Waals surface area contributed by atoms with E-state index < -0.39 is 10.0 Å². The average Bonchev–Trinajstić information content (AvgIpc) is 2.96. The van der Waals surface area contributed by atoms with Gasteiger partial charge in [-0.2, -0.15) is 0 Å². The van der Waals surface area contributed by atoms with E-state index in [2.05, 4.69) is 30.8 Å². The maximum Gasteiger partial charge on any atom is 0.241 e. The molecule has 3 heterocycles. The van der Waals surface area contributed by atoms with Crippen LogP contribution in [0.1, 0.15) is 24.4 Å². The summed E-state index contributed by atoms with van der Waals surface area (Å²) in [5.41, 5.74) is 0.977. The molecule has 3 rings (SSSR count). The molecule has 1 aliphatic rings. The largest absolute Gasteiger partial charge is 0.364 e. The van der Waals surface area contributed by atoms with Crippen molar-refractivity contribution >= 4 is 15.8 Å². The summed E-state index contributed by atoms with van der Waals surface area (Å²) < 4.78 is 27.7. The predicted octanol–water partition coefficient (Wildman–Crippen LogP) is 1.13. The first-order valence-electron chi connectivity index (χ1n) is 7.27. The lowest BCUT2D eigenvalue weighted by Gasteiger charge is -2.11. The van der Waals surface area contributed by atoms with Gasteiger partial charge in [0.2, 0.25) is 10.0 Å².